The highest BCUT2D eigenvalue weighted by Gasteiger charge is 1.93. The van der Waals surface area contributed by atoms with Crippen molar-refractivity contribution in [3.8, 4) is 0 Å². The van der Waals surface area contributed by atoms with Crippen molar-refractivity contribution >= 4 is 6.03 Å². The van der Waals surface area contributed by atoms with Crippen molar-refractivity contribution in [2.24, 2.45) is 5.11 Å². The molecule has 0 rings (SSSR count). The predicted octanol–water partition coefficient (Wildman–Crippen LogP) is 0.616. The van der Waals surface area contributed by atoms with E-state index in [4.69, 9.17) is 5.53 Å². The molecule has 0 saturated carbocycles. The maximum absolute atomic E-state index is 10.6. The fourth-order valence-electron chi connectivity index (χ4n) is 0.487. The van der Waals surface area contributed by atoms with Crippen LogP contribution in [-0.4, -0.2) is 25.7 Å². The average molecular weight is 157 g/mol. The molecule has 0 saturated heterocycles. The molecule has 0 fully saturated rings. The third kappa shape index (κ3) is 6.47. The van der Waals surface area contributed by atoms with E-state index in [1.54, 1.807) is 0 Å². The van der Waals surface area contributed by atoms with Crippen molar-refractivity contribution in [3.05, 3.63) is 10.4 Å². The topological polar surface area (TPSA) is 89.9 Å². The Labute approximate surface area is 64.6 Å². The molecule has 62 valence electrons. The maximum atomic E-state index is 10.6. The Morgan fingerprint density at radius 2 is 2.36 bits per heavy atom. The number of hydrogen-bond acceptors (Lipinski definition) is 2. The summed E-state index contributed by atoms with van der Waals surface area (Å²) in [5, 5.41) is 8.28. The molecule has 0 aromatic rings. The van der Waals surface area contributed by atoms with Crippen LogP contribution in [0.1, 0.15) is 6.92 Å². The molecular formula is C5H11N5O. The van der Waals surface area contributed by atoms with Crippen LogP contribution in [0.5, 0.6) is 0 Å². The molecule has 2 amide bonds. The molecule has 0 aromatic heterocycles. The smallest absolute Gasteiger partial charge is 0.314 e. The number of carbonyl (C=O) groups excluding carboxylic acids is 1. The van der Waals surface area contributed by atoms with E-state index in [0.717, 1.165) is 0 Å². The second-order valence-corrected chi connectivity index (χ2v) is 1.74. The largest absolute Gasteiger partial charge is 0.338 e. The van der Waals surface area contributed by atoms with Crippen molar-refractivity contribution < 1.29 is 4.79 Å². The van der Waals surface area contributed by atoms with E-state index in [2.05, 4.69) is 20.7 Å². The highest BCUT2D eigenvalue weighted by molar-refractivity contribution is 5.73. The summed E-state index contributed by atoms with van der Waals surface area (Å²) in [5.41, 5.74) is 7.86. The summed E-state index contributed by atoms with van der Waals surface area (Å²) in [6, 6.07) is -0.236. The van der Waals surface area contributed by atoms with E-state index >= 15 is 0 Å². The quantitative estimate of drug-likeness (QED) is 0.266. The molecule has 0 aromatic carbocycles. The molecule has 0 unspecified atom stereocenters. The summed E-state index contributed by atoms with van der Waals surface area (Å²) >= 11 is 0. The van der Waals surface area contributed by atoms with Gasteiger partial charge in [-0.1, -0.05) is 5.11 Å². The SMILES string of the molecule is CCNC(=O)NCCN=[N+]=[N-]. The van der Waals surface area contributed by atoms with Crippen LogP contribution in [0.2, 0.25) is 0 Å². The molecule has 6 heteroatoms. The average Bonchev–Trinajstić information content (AvgIpc) is 1.99. The van der Waals surface area contributed by atoms with Crippen molar-refractivity contribution in [2.45, 2.75) is 6.92 Å². The second kappa shape index (κ2) is 6.70. The molecule has 2 N–H and O–H groups in total. The summed E-state index contributed by atoms with van der Waals surface area (Å²) < 4.78 is 0. The molecule has 0 aliphatic heterocycles. The standard InChI is InChI=1S/C5H11N5O/c1-2-7-5(11)8-3-4-9-10-6/h2-4H2,1H3,(H2,7,8,11). The number of amides is 2. The van der Waals surface area contributed by atoms with Crippen molar-refractivity contribution in [1.29, 1.82) is 0 Å². The number of urea groups is 1. The minimum Gasteiger partial charge on any atom is -0.338 e. The number of hydrogen-bond donors (Lipinski definition) is 2. The molecule has 11 heavy (non-hydrogen) atoms. The summed E-state index contributed by atoms with van der Waals surface area (Å²) in [5.74, 6) is 0. The first-order valence-electron chi connectivity index (χ1n) is 3.33. The van der Waals surface area contributed by atoms with Crippen molar-refractivity contribution in [1.82, 2.24) is 10.6 Å². The van der Waals surface area contributed by atoms with Gasteiger partial charge in [-0.25, -0.2) is 4.79 Å². The monoisotopic (exact) mass is 157 g/mol. The van der Waals surface area contributed by atoms with Crippen LogP contribution in [0.15, 0.2) is 5.11 Å². The zero-order chi connectivity index (χ0) is 8.53. The van der Waals surface area contributed by atoms with Gasteiger partial charge >= 0.3 is 6.03 Å². The molecule has 0 heterocycles. The van der Waals surface area contributed by atoms with Crippen LogP contribution in [0.25, 0.3) is 10.4 Å². The predicted molar refractivity (Wildman–Crippen MR) is 41.1 cm³/mol. The first kappa shape index (κ1) is 9.58. The Hall–Kier alpha value is -1.42. The molecule has 0 aliphatic rings. The van der Waals surface area contributed by atoms with E-state index < -0.39 is 0 Å². The van der Waals surface area contributed by atoms with Gasteiger partial charge in [0.05, 0.1) is 0 Å². The zero-order valence-corrected chi connectivity index (χ0v) is 6.37. The fraction of sp³-hybridized carbons (Fsp3) is 0.800. The van der Waals surface area contributed by atoms with Crippen LogP contribution in [-0.2, 0) is 0 Å². The van der Waals surface area contributed by atoms with Crippen LogP contribution < -0.4 is 10.6 Å². The number of azide groups is 1. The van der Waals surface area contributed by atoms with Gasteiger partial charge in [-0.2, -0.15) is 0 Å². The first-order valence-corrected chi connectivity index (χ1v) is 3.33. The third-order valence-electron chi connectivity index (χ3n) is 0.898. The lowest BCUT2D eigenvalue weighted by Gasteiger charge is -2.01. The molecule has 0 spiro atoms. The Balaban J connectivity index is 3.23. The minimum absolute atomic E-state index is 0.236. The summed E-state index contributed by atoms with van der Waals surface area (Å²) in [4.78, 5) is 13.2. The van der Waals surface area contributed by atoms with Gasteiger partial charge in [0, 0.05) is 24.5 Å². The second-order valence-electron chi connectivity index (χ2n) is 1.74. The van der Waals surface area contributed by atoms with Crippen LogP contribution in [0.3, 0.4) is 0 Å². The van der Waals surface area contributed by atoms with Crippen LogP contribution >= 0.6 is 0 Å². The molecule has 0 radical (unpaired) electrons. The Kier molecular flexibility index (Phi) is 5.83. The Morgan fingerprint density at radius 1 is 1.64 bits per heavy atom. The Morgan fingerprint density at radius 3 is 2.91 bits per heavy atom. The summed E-state index contributed by atoms with van der Waals surface area (Å²) in [6.45, 7) is 3.07. The van der Waals surface area contributed by atoms with E-state index in [0.29, 0.717) is 13.1 Å². The highest BCUT2D eigenvalue weighted by atomic mass is 16.2. The summed E-state index contributed by atoms with van der Waals surface area (Å²) in [7, 11) is 0. The van der Waals surface area contributed by atoms with Gasteiger partial charge in [-0.15, -0.1) is 0 Å². The first-order chi connectivity index (χ1) is 5.31. The maximum Gasteiger partial charge on any atom is 0.314 e. The number of nitrogens with zero attached hydrogens (tertiary/aromatic N) is 3. The molecular weight excluding hydrogens is 146 g/mol. The number of rotatable bonds is 4. The molecule has 0 atom stereocenters. The lowest BCUT2D eigenvalue weighted by Crippen LogP contribution is -2.36. The molecule has 6 nitrogen and oxygen atoms in total. The Bertz CT molecular complexity index is 162. The van der Waals surface area contributed by atoms with Gasteiger partial charge in [0.25, 0.3) is 0 Å². The third-order valence-corrected chi connectivity index (χ3v) is 0.898. The van der Waals surface area contributed by atoms with Gasteiger partial charge in [0.1, 0.15) is 0 Å². The molecule has 0 aliphatic carbocycles. The van der Waals surface area contributed by atoms with E-state index in [1.165, 1.54) is 0 Å². The lowest BCUT2D eigenvalue weighted by atomic mass is 10.6. The van der Waals surface area contributed by atoms with Crippen molar-refractivity contribution in [2.75, 3.05) is 19.6 Å². The van der Waals surface area contributed by atoms with Crippen molar-refractivity contribution in [3.63, 3.8) is 0 Å². The van der Waals surface area contributed by atoms with E-state index in [9.17, 15) is 4.79 Å². The number of nitrogens with one attached hydrogen (secondary N) is 2. The zero-order valence-electron chi connectivity index (χ0n) is 6.37. The van der Waals surface area contributed by atoms with Gasteiger partial charge in [-0.3, -0.25) is 0 Å². The van der Waals surface area contributed by atoms with Gasteiger partial charge in [0.2, 0.25) is 0 Å². The number of carbonyl (C=O) groups is 1. The van der Waals surface area contributed by atoms with E-state index in [-0.39, 0.29) is 12.6 Å². The van der Waals surface area contributed by atoms with Crippen LogP contribution in [0.4, 0.5) is 4.79 Å². The molecule has 0 bridgehead atoms. The van der Waals surface area contributed by atoms with Gasteiger partial charge in [0.15, 0.2) is 0 Å². The van der Waals surface area contributed by atoms with Gasteiger partial charge < -0.3 is 10.6 Å². The highest BCUT2D eigenvalue weighted by Crippen LogP contribution is 1.69. The lowest BCUT2D eigenvalue weighted by molar-refractivity contribution is 0.241. The fourth-order valence-corrected chi connectivity index (χ4v) is 0.487. The minimum atomic E-state index is -0.236. The van der Waals surface area contributed by atoms with E-state index in [1.807, 2.05) is 6.92 Å². The summed E-state index contributed by atoms with van der Waals surface area (Å²) in [6.07, 6.45) is 0. The normalized spacial score (nSPS) is 8.09. The van der Waals surface area contributed by atoms with Gasteiger partial charge in [-0.05, 0) is 12.5 Å². The van der Waals surface area contributed by atoms with Crippen LogP contribution in [0, 0.1) is 0 Å².